The number of hydrogen-bond donors (Lipinski definition) is 2. The van der Waals surface area contributed by atoms with Crippen molar-refractivity contribution in [3.63, 3.8) is 0 Å². The molecule has 13 heavy (non-hydrogen) atoms. The Bertz CT molecular complexity index is 255. The summed E-state index contributed by atoms with van der Waals surface area (Å²) in [6.07, 6.45) is 4.90. The van der Waals surface area contributed by atoms with E-state index >= 15 is 0 Å². The van der Waals surface area contributed by atoms with Crippen LogP contribution in [0, 0.1) is 0 Å². The summed E-state index contributed by atoms with van der Waals surface area (Å²) in [7, 11) is 0. The van der Waals surface area contributed by atoms with E-state index in [0.29, 0.717) is 0 Å². The van der Waals surface area contributed by atoms with Crippen molar-refractivity contribution in [2.45, 2.75) is 24.8 Å². The van der Waals surface area contributed by atoms with Crippen molar-refractivity contribution in [2.24, 2.45) is 0 Å². The molecule has 0 saturated carbocycles. The molecule has 1 aromatic heterocycles. The second-order valence-electron chi connectivity index (χ2n) is 3.57. The Morgan fingerprint density at radius 1 is 1.69 bits per heavy atom. The lowest BCUT2D eigenvalue weighted by atomic mass is 9.95. The molecule has 0 radical (unpaired) electrons. The molecule has 1 unspecified atom stereocenters. The Morgan fingerprint density at radius 2 is 2.62 bits per heavy atom. The first-order valence-electron chi connectivity index (χ1n) is 4.59. The maximum Gasteiger partial charge on any atom is 0.0944 e. The van der Waals surface area contributed by atoms with Crippen LogP contribution in [-0.2, 0) is 6.42 Å². The molecule has 1 fully saturated rings. The Morgan fingerprint density at radius 3 is 3.15 bits per heavy atom. The van der Waals surface area contributed by atoms with E-state index in [9.17, 15) is 5.11 Å². The summed E-state index contributed by atoms with van der Waals surface area (Å²) < 4.78 is 0. The van der Waals surface area contributed by atoms with Crippen LogP contribution in [0.15, 0.2) is 11.6 Å². The van der Waals surface area contributed by atoms with Crippen LogP contribution >= 0.6 is 11.3 Å². The fourth-order valence-corrected chi connectivity index (χ4v) is 2.60. The molecule has 3 nitrogen and oxygen atoms in total. The van der Waals surface area contributed by atoms with Gasteiger partial charge in [-0.25, -0.2) is 4.98 Å². The van der Waals surface area contributed by atoms with Crippen LogP contribution in [0.5, 0.6) is 0 Å². The first-order chi connectivity index (χ1) is 6.35. The Kier molecular flexibility index (Phi) is 2.62. The van der Waals surface area contributed by atoms with Crippen LogP contribution < -0.4 is 5.32 Å². The van der Waals surface area contributed by atoms with Crippen LogP contribution in [0.4, 0.5) is 0 Å². The molecule has 0 aromatic carbocycles. The van der Waals surface area contributed by atoms with Crippen molar-refractivity contribution < 1.29 is 5.11 Å². The smallest absolute Gasteiger partial charge is 0.0944 e. The van der Waals surface area contributed by atoms with Crippen molar-refractivity contribution in [3.8, 4) is 0 Å². The van der Waals surface area contributed by atoms with Gasteiger partial charge in [-0.3, -0.25) is 0 Å². The van der Waals surface area contributed by atoms with Gasteiger partial charge in [-0.2, -0.15) is 0 Å². The van der Waals surface area contributed by atoms with Crippen LogP contribution in [0.2, 0.25) is 0 Å². The van der Waals surface area contributed by atoms with Gasteiger partial charge < -0.3 is 10.4 Å². The molecule has 1 saturated heterocycles. The minimum absolute atomic E-state index is 0.0855. The molecular formula is C9H14N2OS. The molecule has 2 rings (SSSR count). The third-order valence-electron chi connectivity index (χ3n) is 2.61. The van der Waals surface area contributed by atoms with Crippen molar-refractivity contribution in [1.29, 1.82) is 0 Å². The van der Waals surface area contributed by atoms with Crippen molar-refractivity contribution in [1.82, 2.24) is 10.3 Å². The zero-order valence-electron chi connectivity index (χ0n) is 7.49. The van der Waals surface area contributed by atoms with E-state index in [4.69, 9.17) is 0 Å². The second kappa shape index (κ2) is 3.74. The molecule has 4 heteroatoms. The first-order valence-corrected chi connectivity index (χ1v) is 5.47. The Balaban J connectivity index is 2.06. The Hall–Kier alpha value is -0.450. The highest BCUT2D eigenvalue weighted by Crippen LogP contribution is 2.24. The molecule has 1 aromatic rings. The first kappa shape index (κ1) is 9.12. The van der Waals surface area contributed by atoms with E-state index in [1.165, 1.54) is 0 Å². The molecule has 0 bridgehead atoms. The van der Waals surface area contributed by atoms with Crippen LogP contribution in [-0.4, -0.2) is 28.8 Å². The maximum absolute atomic E-state index is 9.33. The van der Waals surface area contributed by atoms with E-state index < -0.39 is 0 Å². The van der Waals surface area contributed by atoms with Crippen molar-refractivity contribution >= 4 is 11.3 Å². The average molecular weight is 198 g/mol. The molecule has 0 aliphatic carbocycles. The number of aliphatic hydroxyl groups excluding tert-OH is 1. The summed E-state index contributed by atoms with van der Waals surface area (Å²) in [5.74, 6) is 0. The number of hydrogen-bond acceptors (Lipinski definition) is 4. The molecular weight excluding hydrogens is 184 g/mol. The second-order valence-corrected chi connectivity index (χ2v) is 4.55. The SMILES string of the molecule is OCC1(Cc2nccs2)CCCN1. The van der Waals surface area contributed by atoms with Gasteiger partial charge in [-0.05, 0) is 19.4 Å². The van der Waals surface area contributed by atoms with Gasteiger partial charge in [-0.1, -0.05) is 0 Å². The van der Waals surface area contributed by atoms with Gasteiger partial charge in [0.25, 0.3) is 0 Å². The van der Waals surface area contributed by atoms with E-state index in [2.05, 4.69) is 10.3 Å². The number of thiazole rings is 1. The molecule has 0 amide bonds. The highest BCUT2D eigenvalue weighted by atomic mass is 32.1. The Labute approximate surface area is 81.8 Å². The van der Waals surface area contributed by atoms with Gasteiger partial charge in [0.1, 0.15) is 0 Å². The van der Waals surface area contributed by atoms with Crippen LogP contribution in [0.3, 0.4) is 0 Å². The number of aliphatic hydroxyl groups is 1. The summed E-state index contributed by atoms with van der Waals surface area (Å²) >= 11 is 1.66. The van der Waals surface area contributed by atoms with Gasteiger partial charge in [0.05, 0.1) is 11.6 Å². The molecule has 1 aliphatic rings. The highest BCUT2D eigenvalue weighted by molar-refractivity contribution is 7.09. The zero-order chi connectivity index (χ0) is 9.15. The summed E-state index contributed by atoms with van der Waals surface area (Å²) in [6, 6.07) is 0. The zero-order valence-corrected chi connectivity index (χ0v) is 8.31. The fourth-order valence-electron chi connectivity index (χ4n) is 1.84. The van der Waals surface area contributed by atoms with Gasteiger partial charge >= 0.3 is 0 Å². The van der Waals surface area contributed by atoms with Crippen LogP contribution in [0.25, 0.3) is 0 Å². The van der Waals surface area contributed by atoms with Gasteiger partial charge in [-0.15, -0.1) is 11.3 Å². The van der Waals surface area contributed by atoms with Crippen molar-refractivity contribution in [2.75, 3.05) is 13.2 Å². The van der Waals surface area contributed by atoms with E-state index in [-0.39, 0.29) is 12.1 Å². The van der Waals surface area contributed by atoms with E-state index in [1.54, 1.807) is 11.3 Å². The normalized spacial score (nSPS) is 28.1. The minimum atomic E-state index is -0.0855. The third-order valence-corrected chi connectivity index (χ3v) is 3.39. The van der Waals surface area contributed by atoms with E-state index in [1.807, 2.05) is 11.6 Å². The summed E-state index contributed by atoms with van der Waals surface area (Å²) in [5.41, 5.74) is -0.0855. The topological polar surface area (TPSA) is 45.2 Å². The lowest BCUT2D eigenvalue weighted by Gasteiger charge is -2.25. The minimum Gasteiger partial charge on any atom is -0.394 e. The summed E-state index contributed by atoms with van der Waals surface area (Å²) in [5, 5.41) is 15.8. The standard InChI is InChI=1S/C9H14N2OS/c12-7-9(2-1-3-11-9)6-8-10-4-5-13-8/h4-5,11-12H,1-3,6-7H2. The summed E-state index contributed by atoms with van der Waals surface area (Å²) in [6.45, 7) is 1.23. The molecule has 72 valence electrons. The quantitative estimate of drug-likeness (QED) is 0.755. The number of nitrogens with one attached hydrogen (secondary N) is 1. The summed E-state index contributed by atoms with van der Waals surface area (Å²) in [4.78, 5) is 4.24. The average Bonchev–Trinajstić information content (AvgIpc) is 2.77. The molecule has 1 aliphatic heterocycles. The number of rotatable bonds is 3. The largest absolute Gasteiger partial charge is 0.394 e. The van der Waals surface area contributed by atoms with Gasteiger partial charge in [0, 0.05) is 23.5 Å². The van der Waals surface area contributed by atoms with Crippen molar-refractivity contribution in [3.05, 3.63) is 16.6 Å². The predicted octanol–water partition coefficient (Wildman–Crippen LogP) is 0.800. The fraction of sp³-hybridized carbons (Fsp3) is 0.667. The lowest BCUT2D eigenvalue weighted by Crippen LogP contribution is -2.45. The molecule has 1 atom stereocenters. The van der Waals surface area contributed by atoms with Crippen LogP contribution in [0.1, 0.15) is 17.8 Å². The molecule has 2 N–H and O–H groups in total. The third kappa shape index (κ3) is 1.90. The van der Waals surface area contributed by atoms with Gasteiger partial charge in [0.2, 0.25) is 0 Å². The molecule has 2 heterocycles. The lowest BCUT2D eigenvalue weighted by molar-refractivity contribution is 0.177. The number of nitrogens with zero attached hydrogens (tertiary/aromatic N) is 1. The highest BCUT2D eigenvalue weighted by Gasteiger charge is 2.33. The predicted molar refractivity (Wildman–Crippen MR) is 52.9 cm³/mol. The maximum atomic E-state index is 9.33. The van der Waals surface area contributed by atoms with Gasteiger partial charge in [0.15, 0.2) is 0 Å². The monoisotopic (exact) mass is 198 g/mol. The van der Waals surface area contributed by atoms with E-state index in [0.717, 1.165) is 30.8 Å². The number of aromatic nitrogens is 1. The molecule has 0 spiro atoms.